The molecule has 4 rings (SSSR count). The first kappa shape index (κ1) is 19.2. The van der Waals surface area contributed by atoms with Crippen molar-refractivity contribution in [2.45, 2.75) is 16.4 Å². The fraction of sp³-hybridized carbons (Fsp3) is 0.136. The van der Waals surface area contributed by atoms with Gasteiger partial charge in [0.15, 0.2) is 24.1 Å². The van der Waals surface area contributed by atoms with E-state index in [0.717, 1.165) is 5.56 Å². The number of benzene rings is 3. The van der Waals surface area contributed by atoms with E-state index in [0.29, 0.717) is 0 Å². The van der Waals surface area contributed by atoms with Gasteiger partial charge in [-0.2, -0.15) is 0 Å². The maximum absolute atomic E-state index is 13.1. The summed E-state index contributed by atoms with van der Waals surface area (Å²) in [5.74, 6) is 0.0955. The number of hydrogen-bond donors (Lipinski definition) is 0. The quantitative estimate of drug-likeness (QED) is 0.452. The van der Waals surface area contributed by atoms with Crippen LogP contribution in [0.1, 0.15) is 21.5 Å². The zero-order valence-electron chi connectivity index (χ0n) is 15.6. The molecular formula is C22H18O6S. The van der Waals surface area contributed by atoms with Crippen LogP contribution < -0.4 is 9.47 Å². The van der Waals surface area contributed by atoms with Gasteiger partial charge in [0, 0.05) is 24.3 Å². The highest BCUT2D eigenvalue weighted by molar-refractivity contribution is 7.91. The van der Waals surface area contributed by atoms with Gasteiger partial charge in [0.2, 0.25) is 9.84 Å². The lowest BCUT2D eigenvalue weighted by Crippen LogP contribution is -2.20. The average Bonchev–Trinajstić information content (AvgIpc) is 2.75. The van der Waals surface area contributed by atoms with E-state index in [-0.39, 0.29) is 51.6 Å². The third-order valence-corrected chi connectivity index (χ3v) is 6.42. The molecule has 0 N–H and O–H groups in total. The molecule has 1 aliphatic heterocycles. The van der Waals surface area contributed by atoms with Gasteiger partial charge in [-0.1, -0.05) is 42.5 Å². The Morgan fingerprint density at radius 2 is 1.48 bits per heavy atom. The minimum absolute atomic E-state index is 0.00635. The number of sulfone groups is 1. The van der Waals surface area contributed by atoms with E-state index in [2.05, 4.69) is 0 Å². The normalized spacial score (nSPS) is 14.0. The highest BCUT2D eigenvalue weighted by atomic mass is 32.2. The van der Waals surface area contributed by atoms with E-state index < -0.39 is 9.84 Å². The molecule has 3 aromatic carbocycles. The molecule has 7 heteroatoms. The van der Waals surface area contributed by atoms with Crippen molar-refractivity contribution in [3.8, 4) is 11.5 Å². The first-order valence-corrected chi connectivity index (χ1v) is 10.4. The number of rotatable bonds is 6. The number of fused-ring (bicyclic) bond motifs is 2. The Morgan fingerprint density at radius 1 is 0.793 bits per heavy atom. The second-order valence-electron chi connectivity index (χ2n) is 6.45. The lowest BCUT2D eigenvalue weighted by molar-refractivity contribution is 0.0482. The van der Waals surface area contributed by atoms with Crippen molar-refractivity contribution >= 4 is 15.6 Å². The molecule has 0 unspecified atom stereocenters. The van der Waals surface area contributed by atoms with Crippen molar-refractivity contribution in [1.29, 1.82) is 0 Å². The molecule has 0 fully saturated rings. The number of methoxy groups -OCH3 is 1. The van der Waals surface area contributed by atoms with Crippen molar-refractivity contribution in [3.05, 3.63) is 83.4 Å². The standard InChI is InChI=1S/C22H18O6S/c1-26-14-28-19-12-21-17(11-18(19)27-13-15-7-3-2-4-8-15)22(23)16-9-5-6-10-20(16)29(21,24)25/h2-12H,13-14H2,1H3. The van der Waals surface area contributed by atoms with Crippen LogP contribution >= 0.6 is 0 Å². The number of ether oxygens (including phenoxy) is 3. The molecule has 0 radical (unpaired) electrons. The Hall–Kier alpha value is -3.16. The lowest BCUT2D eigenvalue weighted by Gasteiger charge is -2.21. The summed E-state index contributed by atoms with van der Waals surface area (Å²) in [7, 11) is -2.41. The molecule has 1 aliphatic rings. The number of carbonyl (C=O) groups excluding carboxylic acids is 1. The van der Waals surface area contributed by atoms with Crippen molar-refractivity contribution in [3.63, 3.8) is 0 Å². The van der Waals surface area contributed by atoms with Crippen LogP contribution in [-0.4, -0.2) is 28.1 Å². The maximum Gasteiger partial charge on any atom is 0.208 e. The Balaban J connectivity index is 1.80. The third-order valence-electron chi connectivity index (χ3n) is 4.57. The molecule has 0 aliphatic carbocycles. The zero-order valence-corrected chi connectivity index (χ0v) is 16.4. The van der Waals surface area contributed by atoms with Gasteiger partial charge in [-0.25, -0.2) is 8.42 Å². The number of ketones is 1. The Kier molecular flexibility index (Phi) is 5.08. The van der Waals surface area contributed by atoms with Gasteiger partial charge in [0.25, 0.3) is 0 Å². The van der Waals surface area contributed by atoms with Crippen LogP contribution in [0, 0.1) is 0 Å². The number of hydrogen-bond acceptors (Lipinski definition) is 6. The van der Waals surface area contributed by atoms with Gasteiger partial charge in [0.05, 0.1) is 9.79 Å². The molecule has 0 atom stereocenters. The van der Waals surface area contributed by atoms with Crippen LogP contribution in [0.2, 0.25) is 0 Å². The van der Waals surface area contributed by atoms with E-state index in [1.807, 2.05) is 30.3 Å². The van der Waals surface area contributed by atoms with Gasteiger partial charge >= 0.3 is 0 Å². The first-order chi connectivity index (χ1) is 14.0. The molecule has 148 valence electrons. The summed E-state index contributed by atoms with van der Waals surface area (Å²) in [5.41, 5.74) is 1.14. The van der Waals surface area contributed by atoms with Crippen LogP contribution in [0.15, 0.2) is 76.5 Å². The lowest BCUT2D eigenvalue weighted by atomic mass is 10.0. The molecule has 0 saturated carbocycles. The highest BCUT2D eigenvalue weighted by Crippen LogP contribution is 2.40. The van der Waals surface area contributed by atoms with E-state index in [9.17, 15) is 13.2 Å². The first-order valence-electron chi connectivity index (χ1n) is 8.87. The summed E-state index contributed by atoms with van der Waals surface area (Å²) in [6.45, 7) is 0.144. The van der Waals surface area contributed by atoms with E-state index in [4.69, 9.17) is 14.2 Å². The molecule has 6 nitrogen and oxygen atoms in total. The van der Waals surface area contributed by atoms with Gasteiger partial charge in [0.1, 0.15) is 6.61 Å². The monoisotopic (exact) mass is 410 g/mol. The fourth-order valence-electron chi connectivity index (χ4n) is 3.18. The predicted molar refractivity (Wildman–Crippen MR) is 105 cm³/mol. The second kappa shape index (κ2) is 7.69. The SMILES string of the molecule is COCOc1cc2c(cc1OCc1ccccc1)C(=O)c1ccccc1S2(=O)=O. The van der Waals surface area contributed by atoms with E-state index in [1.54, 1.807) is 12.1 Å². The Morgan fingerprint density at radius 3 is 2.24 bits per heavy atom. The molecule has 0 spiro atoms. The zero-order chi connectivity index (χ0) is 20.4. The molecule has 0 aromatic heterocycles. The molecule has 1 heterocycles. The smallest absolute Gasteiger partial charge is 0.208 e. The predicted octanol–water partition coefficient (Wildman–Crippen LogP) is 3.63. The molecule has 0 amide bonds. The Bertz CT molecular complexity index is 1170. The van der Waals surface area contributed by atoms with Gasteiger partial charge in [-0.15, -0.1) is 0 Å². The number of carbonyl (C=O) groups is 1. The van der Waals surface area contributed by atoms with Crippen LogP contribution in [0.5, 0.6) is 11.5 Å². The van der Waals surface area contributed by atoms with E-state index in [1.165, 1.54) is 31.4 Å². The maximum atomic E-state index is 13.1. The summed E-state index contributed by atoms with van der Waals surface area (Å²) in [6.07, 6.45) is 0. The van der Waals surface area contributed by atoms with Gasteiger partial charge < -0.3 is 14.2 Å². The highest BCUT2D eigenvalue weighted by Gasteiger charge is 2.36. The van der Waals surface area contributed by atoms with Crippen LogP contribution in [0.25, 0.3) is 0 Å². The van der Waals surface area contributed by atoms with Gasteiger partial charge in [-0.05, 0) is 23.8 Å². The van der Waals surface area contributed by atoms with Gasteiger partial charge in [-0.3, -0.25) is 4.79 Å². The van der Waals surface area contributed by atoms with Crippen LogP contribution in [0.3, 0.4) is 0 Å². The third kappa shape index (κ3) is 3.50. The van der Waals surface area contributed by atoms with Crippen LogP contribution in [-0.2, 0) is 21.2 Å². The summed E-state index contributed by atoms with van der Waals surface area (Å²) in [6, 6.07) is 18.4. The average molecular weight is 410 g/mol. The van der Waals surface area contributed by atoms with Crippen molar-refractivity contribution in [2.75, 3.05) is 13.9 Å². The minimum Gasteiger partial charge on any atom is -0.485 e. The van der Waals surface area contributed by atoms with E-state index >= 15 is 0 Å². The van der Waals surface area contributed by atoms with Crippen molar-refractivity contribution in [1.82, 2.24) is 0 Å². The summed E-state index contributed by atoms with van der Waals surface area (Å²) >= 11 is 0. The van der Waals surface area contributed by atoms with Crippen LogP contribution in [0.4, 0.5) is 0 Å². The molecule has 0 bridgehead atoms. The summed E-state index contributed by atoms with van der Waals surface area (Å²) in [4.78, 5) is 12.9. The van der Waals surface area contributed by atoms with Crippen molar-refractivity contribution < 1.29 is 27.4 Å². The summed E-state index contributed by atoms with van der Waals surface area (Å²) in [5, 5.41) is 0. The van der Waals surface area contributed by atoms with Crippen molar-refractivity contribution in [2.24, 2.45) is 0 Å². The minimum atomic E-state index is -3.86. The molecular weight excluding hydrogens is 392 g/mol. The largest absolute Gasteiger partial charge is 0.485 e. The molecule has 29 heavy (non-hydrogen) atoms. The fourth-order valence-corrected chi connectivity index (χ4v) is 4.82. The second-order valence-corrected chi connectivity index (χ2v) is 8.34. The Labute approximate surface area is 168 Å². The topological polar surface area (TPSA) is 78.9 Å². The summed E-state index contributed by atoms with van der Waals surface area (Å²) < 4.78 is 42.5. The molecule has 0 saturated heterocycles. The molecule has 3 aromatic rings.